The van der Waals surface area contributed by atoms with Gasteiger partial charge in [-0.3, -0.25) is 9.59 Å². The molecule has 0 saturated heterocycles. The molecule has 1 aliphatic rings. The first kappa shape index (κ1) is 19.3. The molecule has 1 heterocycles. The number of nitrogens with one attached hydrogen (secondary N) is 2. The topological polar surface area (TPSA) is 76.7 Å². The minimum Gasteiger partial charge on any atom is -0.482 e. The van der Waals surface area contributed by atoms with Gasteiger partial charge in [-0.25, -0.2) is 0 Å². The predicted octanol–water partition coefficient (Wildman–Crippen LogP) is 4.27. The number of rotatable bonds is 4. The number of carbonyl (C=O) groups is 2. The predicted molar refractivity (Wildman–Crippen MR) is 105 cm³/mol. The number of amides is 2. The lowest BCUT2D eigenvalue weighted by Crippen LogP contribution is -2.28. The number of carbonyl (C=O) groups excluding carboxylic acids is 2. The lowest BCUT2D eigenvalue weighted by Gasteiger charge is -2.26. The highest BCUT2D eigenvalue weighted by Crippen LogP contribution is 2.41. The SMILES string of the molecule is Cc1c(C)c2c(c(C)c1NC(=O)COc1ccc(Cl)cc1Cl)NC(=O)CO2. The summed E-state index contributed by atoms with van der Waals surface area (Å²) >= 11 is 11.9. The van der Waals surface area contributed by atoms with Crippen LogP contribution in [-0.2, 0) is 9.59 Å². The first-order valence-corrected chi connectivity index (χ1v) is 8.97. The summed E-state index contributed by atoms with van der Waals surface area (Å²) in [4.78, 5) is 24.0. The van der Waals surface area contributed by atoms with Crippen LogP contribution < -0.4 is 20.1 Å². The number of hydrogen-bond donors (Lipinski definition) is 2. The highest BCUT2D eigenvalue weighted by atomic mass is 35.5. The maximum absolute atomic E-state index is 12.4. The minimum absolute atomic E-state index is 0.0197. The zero-order valence-electron chi connectivity index (χ0n) is 15.0. The summed E-state index contributed by atoms with van der Waals surface area (Å²) in [7, 11) is 0. The third kappa shape index (κ3) is 3.96. The Morgan fingerprint density at radius 3 is 2.67 bits per heavy atom. The van der Waals surface area contributed by atoms with Gasteiger partial charge in [0, 0.05) is 16.3 Å². The first-order valence-electron chi connectivity index (χ1n) is 8.22. The van der Waals surface area contributed by atoms with E-state index in [1.807, 2.05) is 20.8 Å². The van der Waals surface area contributed by atoms with E-state index in [1.54, 1.807) is 18.2 Å². The molecule has 27 heavy (non-hydrogen) atoms. The van der Waals surface area contributed by atoms with E-state index in [2.05, 4.69) is 10.6 Å². The molecule has 2 N–H and O–H groups in total. The Morgan fingerprint density at radius 1 is 1.22 bits per heavy atom. The van der Waals surface area contributed by atoms with Gasteiger partial charge in [0.2, 0.25) is 0 Å². The highest BCUT2D eigenvalue weighted by Gasteiger charge is 2.25. The fraction of sp³-hybridized carbons (Fsp3) is 0.263. The van der Waals surface area contributed by atoms with Crippen molar-refractivity contribution in [3.63, 3.8) is 0 Å². The van der Waals surface area contributed by atoms with Crippen LogP contribution >= 0.6 is 23.2 Å². The first-order chi connectivity index (χ1) is 12.8. The smallest absolute Gasteiger partial charge is 0.262 e. The van der Waals surface area contributed by atoms with Crippen molar-refractivity contribution in [3.8, 4) is 11.5 Å². The summed E-state index contributed by atoms with van der Waals surface area (Å²) in [5.41, 5.74) is 3.63. The molecule has 1 aliphatic heterocycles. The van der Waals surface area contributed by atoms with E-state index in [0.717, 1.165) is 16.7 Å². The van der Waals surface area contributed by atoms with Gasteiger partial charge in [-0.2, -0.15) is 0 Å². The monoisotopic (exact) mass is 408 g/mol. The van der Waals surface area contributed by atoms with Gasteiger partial charge in [-0.1, -0.05) is 23.2 Å². The van der Waals surface area contributed by atoms with E-state index in [-0.39, 0.29) is 25.0 Å². The fourth-order valence-electron chi connectivity index (χ4n) is 2.86. The number of hydrogen-bond acceptors (Lipinski definition) is 4. The van der Waals surface area contributed by atoms with E-state index in [9.17, 15) is 9.59 Å². The van der Waals surface area contributed by atoms with E-state index in [1.165, 1.54) is 0 Å². The van der Waals surface area contributed by atoms with Gasteiger partial charge in [0.25, 0.3) is 11.8 Å². The van der Waals surface area contributed by atoms with Crippen molar-refractivity contribution < 1.29 is 19.1 Å². The number of ether oxygens (including phenoxy) is 2. The Balaban J connectivity index is 1.79. The maximum Gasteiger partial charge on any atom is 0.262 e. The summed E-state index contributed by atoms with van der Waals surface area (Å²) in [6, 6.07) is 4.77. The van der Waals surface area contributed by atoms with Gasteiger partial charge in [0.1, 0.15) is 11.5 Å². The maximum atomic E-state index is 12.4. The summed E-state index contributed by atoms with van der Waals surface area (Å²) in [5.74, 6) is 0.417. The van der Waals surface area contributed by atoms with E-state index in [0.29, 0.717) is 32.9 Å². The van der Waals surface area contributed by atoms with Crippen LogP contribution in [0.4, 0.5) is 11.4 Å². The van der Waals surface area contributed by atoms with E-state index >= 15 is 0 Å². The second-order valence-electron chi connectivity index (χ2n) is 6.20. The molecular formula is C19H18Cl2N2O4. The zero-order valence-corrected chi connectivity index (χ0v) is 16.5. The molecule has 0 aromatic heterocycles. The van der Waals surface area contributed by atoms with E-state index < -0.39 is 0 Å². The Hall–Kier alpha value is -2.44. The molecule has 0 atom stereocenters. The zero-order chi connectivity index (χ0) is 19.7. The van der Waals surface area contributed by atoms with Crippen LogP contribution in [-0.4, -0.2) is 25.0 Å². The molecule has 6 nitrogen and oxygen atoms in total. The fourth-order valence-corrected chi connectivity index (χ4v) is 3.33. The summed E-state index contributed by atoms with van der Waals surface area (Å²) < 4.78 is 11.0. The summed E-state index contributed by atoms with van der Waals surface area (Å²) in [6.07, 6.45) is 0. The molecule has 2 aromatic rings. The highest BCUT2D eigenvalue weighted by molar-refractivity contribution is 6.35. The molecule has 0 aliphatic carbocycles. The number of anilines is 2. The van der Waals surface area contributed by atoms with Crippen molar-refractivity contribution in [1.29, 1.82) is 0 Å². The van der Waals surface area contributed by atoms with Gasteiger partial charge >= 0.3 is 0 Å². The van der Waals surface area contributed by atoms with Crippen molar-refractivity contribution in [2.75, 3.05) is 23.8 Å². The van der Waals surface area contributed by atoms with Gasteiger partial charge in [-0.15, -0.1) is 0 Å². The molecule has 0 bridgehead atoms. The van der Waals surface area contributed by atoms with Crippen LogP contribution in [0.1, 0.15) is 16.7 Å². The average Bonchev–Trinajstić information content (AvgIpc) is 2.62. The van der Waals surface area contributed by atoms with Gasteiger partial charge in [0.05, 0.1) is 10.7 Å². The molecule has 0 radical (unpaired) electrons. The molecule has 2 aromatic carbocycles. The molecule has 2 amide bonds. The average molecular weight is 409 g/mol. The summed E-state index contributed by atoms with van der Waals surface area (Å²) in [5, 5.41) is 6.46. The third-order valence-electron chi connectivity index (χ3n) is 4.38. The van der Waals surface area contributed by atoms with Crippen LogP contribution in [0.5, 0.6) is 11.5 Å². The van der Waals surface area contributed by atoms with Crippen LogP contribution in [0.3, 0.4) is 0 Å². The second kappa shape index (κ2) is 7.66. The van der Waals surface area contributed by atoms with Crippen LogP contribution in [0, 0.1) is 20.8 Å². The second-order valence-corrected chi connectivity index (χ2v) is 7.05. The molecule has 0 spiro atoms. The van der Waals surface area contributed by atoms with Crippen LogP contribution in [0.2, 0.25) is 10.0 Å². The lowest BCUT2D eigenvalue weighted by molar-refractivity contribution is -0.119. The Bertz CT molecular complexity index is 944. The molecule has 8 heteroatoms. The molecule has 142 valence electrons. The van der Waals surface area contributed by atoms with E-state index in [4.69, 9.17) is 32.7 Å². The lowest BCUT2D eigenvalue weighted by atomic mass is 9.99. The standard InChI is InChI=1S/C19H18Cl2N2O4/c1-9-10(2)19-18(23-16(25)8-27-19)11(3)17(9)22-15(24)7-26-14-5-4-12(20)6-13(14)21/h4-6H,7-8H2,1-3H3,(H,22,24)(H,23,25). The van der Waals surface area contributed by atoms with Gasteiger partial charge in [-0.05, 0) is 50.1 Å². The normalized spacial score (nSPS) is 12.7. The van der Waals surface area contributed by atoms with Crippen LogP contribution in [0.15, 0.2) is 18.2 Å². The molecule has 0 saturated carbocycles. The Labute approximate surface area is 166 Å². The Morgan fingerprint density at radius 2 is 1.96 bits per heavy atom. The summed E-state index contributed by atoms with van der Waals surface area (Å²) in [6.45, 7) is 5.33. The van der Waals surface area contributed by atoms with Crippen molar-refractivity contribution in [1.82, 2.24) is 0 Å². The van der Waals surface area contributed by atoms with Crippen molar-refractivity contribution in [2.45, 2.75) is 20.8 Å². The molecule has 0 unspecified atom stereocenters. The van der Waals surface area contributed by atoms with Gasteiger partial charge < -0.3 is 20.1 Å². The van der Waals surface area contributed by atoms with Crippen LogP contribution in [0.25, 0.3) is 0 Å². The molecule has 3 rings (SSSR count). The van der Waals surface area contributed by atoms with Gasteiger partial charge in [0.15, 0.2) is 13.2 Å². The van der Waals surface area contributed by atoms with Crippen molar-refractivity contribution in [2.24, 2.45) is 0 Å². The van der Waals surface area contributed by atoms with Crippen molar-refractivity contribution >= 4 is 46.4 Å². The van der Waals surface area contributed by atoms with Crippen molar-refractivity contribution in [3.05, 3.63) is 44.9 Å². The molecule has 0 fully saturated rings. The quantitative estimate of drug-likeness (QED) is 0.791. The number of benzene rings is 2. The largest absolute Gasteiger partial charge is 0.482 e. The Kier molecular flexibility index (Phi) is 5.48. The minimum atomic E-state index is -0.352. The third-order valence-corrected chi connectivity index (χ3v) is 4.91. The number of halogens is 2. The number of fused-ring (bicyclic) bond motifs is 1. The molecular weight excluding hydrogens is 391 g/mol.